The van der Waals surface area contributed by atoms with Crippen molar-refractivity contribution in [3.8, 4) is 0 Å². The van der Waals surface area contributed by atoms with Gasteiger partial charge in [-0.2, -0.15) is 0 Å². The fraction of sp³-hybridized carbons (Fsp3) is 0.714. The first-order valence-electron chi connectivity index (χ1n) is 3.87. The lowest BCUT2D eigenvalue weighted by Gasteiger charge is -2.15. The van der Waals surface area contributed by atoms with Crippen LogP contribution in [0.2, 0.25) is 0 Å². The molecule has 0 unspecified atom stereocenters. The molecule has 2 heterocycles. The van der Waals surface area contributed by atoms with Crippen molar-refractivity contribution in [2.45, 2.75) is 18.6 Å². The SMILES string of the molecule is CN1C(=O)[C@@H]2C[C@@H](O)CN2C1=S. The van der Waals surface area contributed by atoms with Gasteiger partial charge < -0.3 is 10.0 Å². The Kier molecular flexibility index (Phi) is 1.59. The third-order valence-electron chi connectivity index (χ3n) is 2.43. The Labute approximate surface area is 75.8 Å². The van der Waals surface area contributed by atoms with Crippen LogP contribution in [0.4, 0.5) is 0 Å². The molecule has 0 aliphatic carbocycles. The van der Waals surface area contributed by atoms with Crippen LogP contribution in [0.3, 0.4) is 0 Å². The van der Waals surface area contributed by atoms with Crippen LogP contribution in [-0.4, -0.2) is 51.7 Å². The largest absolute Gasteiger partial charge is 0.391 e. The van der Waals surface area contributed by atoms with E-state index in [4.69, 9.17) is 12.2 Å². The summed E-state index contributed by atoms with van der Waals surface area (Å²) >= 11 is 5.03. The maximum absolute atomic E-state index is 11.4. The standard InChI is InChI=1S/C7H10N2O2S/c1-8-6(11)5-2-4(10)3-9(5)7(8)12/h4-5,10H,2-3H2,1H3/t4-,5+/m1/s1. The summed E-state index contributed by atoms with van der Waals surface area (Å²) in [7, 11) is 1.68. The van der Waals surface area contributed by atoms with Crippen molar-refractivity contribution in [3.05, 3.63) is 0 Å². The van der Waals surface area contributed by atoms with Gasteiger partial charge in [0, 0.05) is 20.0 Å². The van der Waals surface area contributed by atoms with E-state index in [1.807, 2.05) is 0 Å². The molecule has 4 nitrogen and oxygen atoms in total. The van der Waals surface area contributed by atoms with Crippen LogP contribution < -0.4 is 0 Å². The van der Waals surface area contributed by atoms with Gasteiger partial charge in [-0.05, 0) is 12.2 Å². The van der Waals surface area contributed by atoms with E-state index in [2.05, 4.69) is 0 Å². The summed E-state index contributed by atoms with van der Waals surface area (Å²) in [6, 6.07) is -0.197. The zero-order valence-corrected chi connectivity index (χ0v) is 7.54. The number of fused-ring (bicyclic) bond motifs is 1. The number of carbonyl (C=O) groups excluding carboxylic acids is 1. The zero-order valence-electron chi connectivity index (χ0n) is 6.73. The van der Waals surface area contributed by atoms with E-state index in [0.29, 0.717) is 18.1 Å². The molecular weight excluding hydrogens is 176 g/mol. The quantitative estimate of drug-likeness (QED) is 0.502. The van der Waals surface area contributed by atoms with Crippen molar-refractivity contribution in [2.24, 2.45) is 0 Å². The smallest absolute Gasteiger partial charge is 0.251 e. The summed E-state index contributed by atoms with van der Waals surface area (Å²) in [5.74, 6) is 0.0107. The van der Waals surface area contributed by atoms with E-state index in [1.54, 1.807) is 11.9 Å². The monoisotopic (exact) mass is 186 g/mol. The number of hydrogen-bond acceptors (Lipinski definition) is 3. The van der Waals surface area contributed by atoms with Crippen LogP contribution in [0, 0.1) is 0 Å². The Morgan fingerprint density at radius 2 is 2.33 bits per heavy atom. The van der Waals surface area contributed by atoms with Crippen LogP contribution in [0.1, 0.15) is 6.42 Å². The zero-order chi connectivity index (χ0) is 8.88. The number of nitrogens with zero attached hydrogens (tertiary/aromatic N) is 2. The summed E-state index contributed by atoms with van der Waals surface area (Å²) in [4.78, 5) is 14.7. The van der Waals surface area contributed by atoms with E-state index in [-0.39, 0.29) is 11.9 Å². The van der Waals surface area contributed by atoms with Crippen LogP contribution in [-0.2, 0) is 4.79 Å². The molecule has 12 heavy (non-hydrogen) atoms. The number of aliphatic hydroxyl groups excluding tert-OH is 1. The van der Waals surface area contributed by atoms with E-state index in [0.717, 1.165) is 0 Å². The van der Waals surface area contributed by atoms with Crippen LogP contribution in [0.5, 0.6) is 0 Å². The fourth-order valence-corrected chi connectivity index (χ4v) is 2.06. The number of aliphatic hydroxyl groups is 1. The molecule has 1 N–H and O–H groups in total. The average Bonchev–Trinajstić information content (AvgIpc) is 2.49. The van der Waals surface area contributed by atoms with Gasteiger partial charge in [0.25, 0.3) is 5.91 Å². The number of thiocarbonyl (C=S) groups is 1. The van der Waals surface area contributed by atoms with E-state index >= 15 is 0 Å². The molecule has 2 rings (SSSR count). The van der Waals surface area contributed by atoms with E-state index < -0.39 is 6.10 Å². The van der Waals surface area contributed by atoms with Gasteiger partial charge in [-0.15, -0.1) is 0 Å². The van der Waals surface area contributed by atoms with Gasteiger partial charge in [-0.25, -0.2) is 0 Å². The van der Waals surface area contributed by atoms with Gasteiger partial charge >= 0.3 is 0 Å². The predicted octanol–water partition coefficient (Wildman–Crippen LogP) is -0.822. The first kappa shape index (κ1) is 7.94. The Hall–Kier alpha value is -0.680. The molecule has 0 saturated carbocycles. The molecule has 0 spiro atoms. The molecule has 0 aromatic carbocycles. The lowest BCUT2D eigenvalue weighted by atomic mass is 10.2. The lowest BCUT2D eigenvalue weighted by molar-refractivity contribution is -0.127. The van der Waals surface area contributed by atoms with Crippen molar-refractivity contribution in [3.63, 3.8) is 0 Å². The van der Waals surface area contributed by atoms with Crippen molar-refractivity contribution < 1.29 is 9.90 Å². The molecule has 2 aliphatic rings. The second kappa shape index (κ2) is 2.40. The van der Waals surface area contributed by atoms with Crippen molar-refractivity contribution in [1.29, 1.82) is 0 Å². The molecule has 2 atom stereocenters. The third kappa shape index (κ3) is 0.864. The fourth-order valence-electron chi connectivity index (χ4n) is 1.77. The highest BCUT2D eigenvalue weighted by Crippen LogP contribution is 2.26. The molecule has 0 bridgehead atoms. The highest BCUT2D eigenvalue weighted by molar-refractivity contribution is 7.80. The van der Waals surface area contributed by atoms with Gasteiger partial charge in [0.1, 0.15) is 6.04 Å². The molecule has 0 aromatic heterocycles. The molecule has 2 fully saturated rings. The Balaban J connectivity index is 2.27. The predicted molar refractivity (Wildman–Crippen MR) is 46.5 cm³/mol. The lowest BCUT2D eigenvalue weighted by Crippen LogP contribution is -2.31. The highest BCUT2D eigenvalue weighted by Gasteiger charge is 2.46. The van der Waals surface area contributed by atoms with Crippen LogP contribution in [0.15, 0.2) is 0 Å². The topological polar surface area (TPSA) is 43.8 Å². The summed E-state index contributed by atoms with van der Waals surface area (Å²) in [5.41, 5.74) is 0. The Morgan fingerprint density at radius 1 is 1.67 bits per heavy atom. The first-order chi connectivity index (χ1) is 5.61. The number of rotatable bonds is 0. The molecule has 2 saturated heterocycles. The minimum Gasteiger partial charge on any atom is -0.391 e. The normalized spacial score (nSPS) is 34.8. The molecule has 1 amide bonds. The van der Waals surface area contributed by atoms with Crippen molar-refractivity contribution in [1.82, 2.24) is 9.80 Å². The first-order valence-corrected chi connectivity index (χ1v) is 4.28. The van der Waals surface area contributed by atoms with Crippen LogP contribution >= 0.6 is 12.2 Å². The van der Waals surface area contributed by atoms with Gasteiger partial charge in [-0.1, -0.05) is 0 Å². The average molecular weight is 186 g/mol. The van der Waals surface area contributed by atoms with E-state index in [1.165, 1.54) is 4.90 Å². The molecule has 2 aliphatic heterocycles. The van der Waals surface area contributed by atoms with Crippen molar-refractivity contribution in [2.75, 3.05) is 13.6 Å². The van der Waals surface area contributed by atoms with Crippen LogP contribution in [0.25, 0.3) is 0 Å². The second-order valence-electron chi connectivity index (χ2n) is 3.24. The summed E-state index contributed by atoms with van der Waals surface area (Å²) in [6.07, 6.45) is 0.120. The minimum absolute atomic E-state index is 0.0107. The summed E-state index contributed by atoms with van der Waals surface area (Å²) in [5, 5.41) is 9.83. The van der Waals surface area contributed by atoms with Crippen molar-refractivity contribution >= 4 is 23.2 Å². The van der Waals surface area contributed by atoms with Gasteiger partial charge in [0.15, 0.2) is 5.11 Å². The number of hydrogen-bond donors (Lipinski definition) is 1. The third-order valence-corrected chi connectivity index (χ3v) is 2.94. The Morgan fingerprint density at radius 3 is 2.92 bits per heavy atom. The molecular formula is C7H10N2O2S. The number of likely N-dealkylation sites (N-methyl/N-ethyl adjacent to an activating group) is 1. The number of carbonyl (C=O) groups is 1. The minimum atomic E-state index is -0.398. The van der Waals surface area contributed by atoms with Gasteiger partial charge in [0.2, 0.25) is 0 Å². The molecule has 0 radical (unpaired) electrons. The molecule has 0 aromatic rings. The number of amides is 1. The molecule has 66 valence electrons. The summed E-state index contributed by atoms with van der Waals surface area (Å²) < 4.78 is 0. The maximum atomic E-state index is 11.4. The highest BCUT2D eigenvalue weighted by atomic mass is 32.1. The van der Waals surface area contributed by atoms with Gasteiger partial charge in [0.05, 0.1) is 6.10 Å². The van der Waals surface area contributed by atoms with E-state index in [9.17, 15) is 9.90 Å². The Bertz CT molecular complexity index is 232. The van der Waals surface area contributed by atoms with Gasteiger partial charge in [-0.3, -0.25) is 9.69 Å². The molecule has 5 heteroatoms. The second-order valence-corrected chi connectivity index (χ2v) is 3.60. The maximum Gasteiger partial charge on any atom is 0.251 e. The summed E-state index contributed by atoms with van der Waals surface area (Å²) in [6.45, 7) is 0.500.